The molecule has 1 aliphatic carbocycles. The normalized spacial score (nSPS) is 16.4. The molecule has 0 aromatic heterocycles. The van der Waals surface area contributed by atoms with Gasteiger partial charge in [0.1, 0.15) is 5.75 Å². The van der Waals surface area contributed by atoms with Gasteiger partial charge >= 0.3 is 0 Å². The van der Waals surface area contributed by atoms with Crippen molar-refractivity contribution >= 4 is 0 Å². The lowest BCUT2D eigenvalue weighted by molar-refractivity contribution is 0.0444. The molecule has 0 aliphatic heterocycles. The minimum atomic E-state index is -0.439. The van der Waals surface area contributed by atoms with Crippen LogP contribution >= 0.6 is 0 Å². The second-order valence-electron chi connectivity index (χ2n) is 4.55. The summed E-state index contributed by atoms with van der Waals surface area (Å²) in [5.41, 5.74) is 2.22. The zero-order valence-electron chi connectivity index (χ0n) is 10.8. The van der Waals surface area contributed by atoms with Gasteiger partial charge in [0, 0.05) is 0 Å². The third-order valence-corrected chi connectivity index (χ3v) is 3.21. The molecule has 1 N–H and O–H groups in total. The zero-order valence-corrected chi connectivity index (χ0v) is 10.8. The summed E-state index contributed by atoms with van der Waals surface area (Å²) in [4.78, 5) is 0. The molecular weight excluding hydrogens is 228 g/mol. The summed E-state index contributed by atoms with van der Waals surface area (Å²) < 4.78 is 10.6. The Bertz CT molecular complexity index is 395. The average Bonchev–Trinajstić information content (AvgIpc) is 2.93. The van der Waals surface area contributed by atoms with Crippen LogP contribution in [0.2, 0.25) is 0 Å². The van der Waals surface area contributed by atoms with Crippen LogP contribution in [0.25, 0.3) is 0 Å². The third kappa shape index (κ3) is 3.59. The summed E-state index contributed by atoms with van der Waals surface area (Å²) in [6.07, 6.45) is 4.94. The fourth-order valence-electron chi connectivity index (χ4n) is 2.12. The monoisotopic (exact) mass is 248 g/mol. The van der Waals surface area contributed by atoms with Crippen molar-refractivity contribution in [3.05, 3.63) is 41.5 Å². The van der Waals surface area contributed by atoms with E-state index in [4.69, 9.17) is 9.47 Å². The van der Waals surface area contributed by atoms with Gasteiger partial charge in [-0.25, -0.2) is 0 Å². The van der Waals surface area contributed by atoms with E-state index in [9.17, 15) is 5.11 Å². The van der Waals surface area contributed by atoms with Gasteiger partial charge in [-0.1, -0.05) is 18.2 Å². The standard InChI is InChI=1S/C15H20O3/c1-17-14-8-6-12(7-9-14)10-18-11-15(16)13-4-2-3-5-13/h4,6-9,15-16H,2-3,5,10-11H2,1H3. The highest BCUT2D eigenvalue weighted by Crippen LogP contribution is 2.21. The molecule has 3 nitrogen and oxygen atoms in total. The molecule has 3 heteroatoms. The Kier molecular flexibility index (Phi) is 4.79. The number of hydrogen-bond acceptors (Lipinski definition) is 3. The molecule has 0 amide bonds. The Morgan fingerprint density at radius 3 is 2.67 bits per heavy atom. The summed E-state index contributed by atoms with van der Waals surface area (Å²) in [5, 5.41) is 9.90. The molecule has 0 heterocycles. The lowest BCUT2D eigenvalue weighted by Crippen LogP contribution is -2.17. The van der Waals surface area contributed by atoms with Crippen LogP contribution in [0, 0.1) is 0 Å². The number of benzene rings is 1. The predicted octanol–water partition coefficient (Wildman–Crippen LogP) is 2.68. The van der Waals surface area contributed by atoms with Crippen molar-refractivity contribution in [1.29, 1.82) is 0 Å². The van der Waals surface area contributed by atoms with Crippen LogP contribution in [-0.4, -0.2) is 24.9 Å². The highest BCUT2D eigenvalue weighted by atomic mass is 16.5. The second kappa shape index (κ2) is 6.57. The molecule has 1 aromatic carbocycles. The molecule has 0 spiro atoms. The Morgan fingerprint density at radius 2 is 2.06 bits per heavy atom. The fraction of sp³-hybridized carbons (Fsp3) is 0.467. The summed E-state index contributed by atoms with van der Waals surface area (Å²) >= 11 is 0. The van der Waals surface area contributed by atoms with Crippen molar-refractivity contribution in [2.75, 3.05) is 13.7 Å². The van der Waals surface area contributed by atoms with Crippen molar-refractivity contribution < 1.29 is 14.6 Å². The van der Waals surface area contributed by atoms with Crippen LogP contribution in [0.4, 0.5) is 0 Å². The number of hydrogen-bond donors (Lipinski definition) is 1. The number of allylic oxidation sites excluding steroid dienone is 1. The van der Waals surface area contributed by atoms with Crippen molar-refractivity contribution in [2.24, 2.45) is 0 Å². The summed E-state index contributed by atoms with van der Waals surface area (Å²) in [6.45, 7) is 0.895. The smallest absolute Gasteiger partial charge is 0.118 e. The van der Waals surface area contributed by atoms with Crippen molar-refractivity contribution in [3.63, 3.8) is 0 Å². The molecule has 0 bridgehead atoms. The maximum Gasteiger partial charge on any atom is 0.118 e. The van der Waals surface area contributed by atoms with E-state index in [1.807, 2.05) is 24.3 Å². The predicted molar refractivity (Wildman–Crippen MR) is 70.6 cm³/mol. The number of aliphatic hydroxyl groups excluding tert-OH is 1. The van der Waals surface area contributed by atoms with Crippen LogP contribution in [0.15, 0.2) is 35.9 Å². The van der Waals surface area contributed by atoms with Crippen molar-refractivity contribution in [1.82, 2.24) is 0 Å². The van der Waals surface area contributed by atoms with Gasteiger partial charge in [-0.05, 0) is 42.5 Å². The van der Waals surface area contributed by atoms with Gasteiger partial charge in [-0.3, -0.25) is 0 Å². The Hall–Kier alpha value is -1.32. The lowest BCUT2D eigenvalue weighted by atomic mass is 10.1. The molecule has 0 radical (unpaired) electrons. The van der Waals surface area contributed by atoms with Gasteiger partial charge in [0.15, 0.2) is 0 Å². The van der Waals surface area contributed by atoms with E-state index >= 15 is 0 Å². The minimum absolute atomic E-state index is 0.373. The molecule has 0 saturated carbocycles. The number of aliphatic hydroxyl groups is 1. The van der Waals surface area contributed by atoms with Crippen LogP contribution in [0.1, 0.15) is 24.8 Å². The first kappa shape index (κ1) is 13.1. The van der Waals surface area contributed by atoms with Gasteiger partial charge in [-0.2, -0.15) is 0 Å². The highest BCUT2D eigenvalue weighted by Gasteiger charge is 2.14. The van der Waals surface area contributed by atoms with Crippen molar-refractivity contribution in [2.45, 2.75) is 32.0 Å². The first-order valence-corrected chi connectivity index (χ1v) is 6.37. The number of rotatable bonds is 6. The fourth-order valence-corrected chi connectivity index (χ4v) is 2.12. The third-order valence-electron chi connectivity index (χ3n) is 3.21. The number of methoxy groups -OCH3 is 1. The van der Waals surface area contributed by atoms with Gasteiger partial charge in [-0.15, -0.1) is 0 Å². The first-order valence-electron chi connectivity index (χ1n) is 6.37. The SMILES string of the molecule is COc1ccc(COCC(O)C2=CCCC2)cc1. The molecule has 0 saturated heterocycles. The van der Waals surface area contributed by atoms with Crippen molar-refractivity contribution in [3.8, 4) is 5.75 Å². The number of ether oxygens (including phenoxy) is 2. The maximum absolute atomic E-state index is 9.90. The Balaban J connectivity index is 1.74. The maximum atomic E-state index is 9.90. The molecule has 1 atom stereocenters. The second-order valence-corrected chi connectivity index (χ2v) is 4.55. The van der Waals surface area contributed by atoms with E-state index < -0.39 is 6.10 Å². The molecule has 2 rings (SSSR count). The minimum Gasteiger partial charge on any atom is -0.497 e. The van der Waals surface area contributed by atoms with Crippen LogP contribution < -0.4 is 4.74 Å². The zero-order chi connectivity index (χ0) is 12.8. The molecular formula is C15H20O3. The van der Waals surface area contributed by atoms with Gasteiger partial charge in [0.05, 0.1) is 26.4 Å². The molecule has 18 heavy (non-hydrogen) atoms. The van der Waals surface area contributed by atoms with Crippen LogP contribution in [0.5, 0.6) is 5.75 Å². The Morgan fingerprint density at radius 1 is 1.28 bits per heavy atom. The topological polar surface area (TPSA) is 38.7 Å². The van der Waals surface area contributed by atoms with Gasteiger partial charge < -0.3 is 14.6 Å². The van der Waals surface area contributed by atoms with E-state index in [2.05, 4.69) is 6.08 Å². The molecule has 0 fully saturated rings. The summed E-state index contributed by atoms with van der Waals surface area (Å²) in [7, 11) is 1.65. The van der Waals surface area contributed by atoms with Crippen LogP contribution in [0.3, 0.4) is 0 Å². The van der Waals surface area contributed by atoms with Gasteiger partial charge in [0.25, 0.3) is 0 Å². The first-order chi connectivity index (χ1) is 8.79. The van der Waals surface area contributed by atoms with E-state index in [-0.39, 0.29) is 0 Å². The Labute approximate surface area is 108 Å². The molecule has 1 aromatic rings. The van der Waals surface area contributed by atoms with E-state index in [1.54, 1.807) is 7.11 Å². The van der Waals surface area contributed by atoms with E-state index in [0.29, 0.717) is 13.2 Å². The lowest BCUT2D eigenvalue weighted by Gasteiger charge is -2.12. The molecule has 1 aliphatic rings. The molecule has 98 valence electrons. The summed E-state index contributed by atoms with van der Waals surface area (Å²) in [5.74, 6) is 0.842. The molecule has 1 unspecified atom stereocenters. The largest absolute Gasteiger partial charge is 0.497 e. The van der Waals surface area contributed by atoms with Crippen LogP contribution in [-0.2, 0) is 11.3 Å². The van der Waals surface area contributed by atoms with E-state index in [0.717, 1.165) is 36.1 Å². The van der Waals surface area contributed by atoms with E-state index in [1.165, 1.54) is 0 Å². The highest BCUT2D eigenvalue weighted by molar-refractivity contribution is 5.26. The van der Waals surface area contributed by atoms with Gasteiger partial charge in [0.2, 0.25) is 0 Å². The quantitative estimate of drug-likeness (QED) is 0.787. The average molecular weight is 248 g/mol. The summed E-state index contributed by atoms with van der Waals surface area (Å²) in [6, 6.07) is 7.77.